The Kier molecular flexibility index (Phi) is 3.72. The van der Waals surface area contributed by atoms with E-state index >= 15 is 0 Å². The summed E-state index contributed by atoms with van der Waals surface area (Å²) in [6.45, 7) is 2.64. The maximum absolute atomic E-state index is 14.0. The number of fused-ring (bicyclic) bond motifs is 2. The molecule has 0 bridgehead atoms. The number of aryl methyl sites for hydroxylation is 2. The highest BCUT2D eigenvalue weighted by molar-refractivity contribution is 6.31. The molecule has 0 aliphatic carbocycles. The lowest BCUT2D eigenvalue weighted by molar-refractivity contribution is 0.619. The lowest BCUT2D eigenvalue weighted by atomic mass is 10.0. The summed E-state index contributed by atoms with van der Waals surface area (Å²) in [5, 5.41) is 0.119. The van der Waals surface area contributed by atoms with Crippen molar-refractivity contribution in [1.29, 1.82) is 0 Å². The minimum Gasteiger partial charge on any atom is -0.327 e. The number of aromatic nitrogens is 4. The van der Waals surface area contributed by atoms with Gasteiger partial charge in [-0.15, -0.1) is 0 Å². The molecule has 0 fully saturated rings. The van der Waals surface area contributed by atoms with Gasteiger partial charge >= 0.3 is 0 Å². The third-order valence-corrected chi connectivity index (χ3v) is 5.33. The van der Waals surface area contributed by atoms with Gasteiger partial charge in [0.15, 0.2) is 0 Å². The van der Waals surface area contributed by atoms with E-state index in [0.29, 0.717) is 5.56 Å². The van der Waals surface area contributed by atoms with E-state index in [2.05, 4.69) is 14.5 Å². The maximum atomic E-state index is 14.0. The van der Waals surface area contributed by atoms with Crippen LogP contribution in [0.5, 0.6) is 0 Å². The predicted molar refractivity (Wildman–Crippen MR) is 104 cm³/mol. The van der Waals surface area contributed by atoms with Gasteiger partial charge in [-0.1, -0.05) is 17.7 Å². The van der Waals surface area contributed by atoms with Gasteiger partial charge in [-0.25, -0.2) is 9.37 Å². The number of hydrogen-bond donors (Lipinski definition) is 0. The number of imidazole rings is 1. The van der Waals surface area contributed by atoms with E-state index in [-0.39, 0.29) is 10.8 Å². The second kappa shape index (κ2) is 6.13. The van der Waals surface area contributed by atoms with Crippen LogP contribution in [0.25, 0.3) is 33.5 Å². The molecule has 134 valence electrons. The SMILES string of the molecule is Cc1cc(-c2nc3n(c2-c2ccc4nccnc4c2)CCC3)cc(Cl)c1F. The van der Waals surface area contributed by atoms with Gasteiger partial charge in [-0.2, -0.15) is 0 Å². The zero-order valence-corrected chi connectivity index (χ0v) is 15.5. The summed E-state index contributed by atoms with van der Waals surface area (Å²) in [7, 11) is 0. The topological polar surface area (TPSA) is 43.6 Å². The standard InChI is InChI=1S/C21H16ClFN4/c1-12-9-14(10-15(22)19(12)23)20-21(27-8-2-3-18(27)26-20)13-4-5-16-17(11-13)25-7-6-24-16/h4-7,9-11H,2-3,8H2,1H3. The van der Waals surface area contributed by atoms with Crippen LogP contribution >= 0.6 is 11.6 Å². The lowest BCUT2D eigenvalue weighted by Crippen LogP contribution is -1.97. The van der Waals surface area contributed by atoms with Crippen LogP contribution in [0.3, 0.4) is 0 Å². The first-order valence-corrected chi connectivity index (χ1v) is 9.26. The smallest absolute Gasteiger partial charge is 0.144 e. The number of halogens is 2. The molecule has 0 saturated heterocycles. The van der Waals surface area contributed by atoms with Crippen molar-refractivity contribution in [1.82, 2.24) is 19.5 Å². The summed E-state index contributed by atoms with van der Waals surface area (Å²) >= 11 is 6.11. The zero-order valence-electron chi connectivity index (χ0n) is 14.7. The molecule has 27 heavy (non-hydrogen) atoms. The van der Waals surface area contributed by atoms with Crippen LogP contribution in [0.15, 0.2) is 42.7 Å². The molecule has 4 aromatic rings. The maximum Gasteiger partial charge on any atom is 0.144 e. The lowest BCUT2D eigenvalue weighted by Gasteiger charge is -2.10. The van der Waals surface area contributed by atoms with Gasteiger partial charge in [0, 0.05) is 36.5 Å². The first kappa shape index (κ1) is 16.4. The Morgan fingerprint density at radius 1 is 1.04 bits per heavy atom. The predicted octanol–water partition coefficient (Wildman–Crippen LogP) is 5.21. The Hall–Kier alpha value is -2.79. The summed E-state index contributed by atoms with van der Waals surface area (Å²) in [4.78, 5) is 13.6. The van der Waals surface area contributed by atoms with Gasteiger partial charge in [0.1, 0.15) is 11.6 Å². The minimum absolute atomic E-state index is 0.119. The number of nitrogens with zero attached hydrogens (tertiary/aromatic N) is 4. The van der Waals surface area contributed by atoms with Crippen LogP contribution in [0.1, 0.15) is 17.8 Å². The Bertz CT molecular complexity index is 1180. The summed E-state index contributed by atoms with van der Waals surface area (Å²) in [5.74, 6) is 0.673. The van der Waals surface area contributed by atoms with Crippen molar-refractivity contribution in [3.8, 4) is 22.5 Å². The molecule has 0 N–H and O–H groups in total. The number of hydrogen-bond acceptors (Lipinski definition) is 3. The molecule has 0 saturated carbocycles. The van der Waals surface area contributed by atoms with Crippen molar-refractivity contribution in [2.75, 3.05) is 0 Å². The highest BCUT2D eigenvalue weighted by Crippen LogP contribution is 2.38. The van der Waals surface area contributed by atoms with Crippen molar-refractivity contribution in [2.24, 2.45) is 0 Å². The van der Waals surface area contributed by atoms with Crippen LogP contribution in [-0.4, -0.2) is 19.5 Å². The molecule has 0 radical (unpaired) electrons. The van der Waals surface area contributed by atoms with E-state index in [1.54, 1.807) is 25.4 Å². The Labute approximate surface area is 160 Å². The molecule has 0 amide bonds. The van der Waals surface area contributed by atoms with Crippen LogP contribution in [-0.2, 0) is 13.0 Å². The van der Waals surface area contributed by atoms with Gasteiger partial charge in [-0.3, -0.25) is 9.97 Å². The highest BCUT2D eigenvalue weighted by atomic mass is 35.5. The van der Waals surface area contributed by atoms with Crippen molar-refractivity contribution in [3.05, 3.63) is 65.0 Å². The molecule has 3 heterocycles. The third kappa shape index (κ3) is 2.61. The molecular formula is C21H16ClFN4. The van der Waals surface area contributed by atoms with Crippen molar-refractivity contribution in [2.45, 2.75) is 26.3 Å². The van der Waals surface area contributed by atoms with Crippen LogP contribution in [0.4, 0.5) is 4.39 Å². The van der Waals surface area contributed by atoms with Crippen LogP contribution < -0.4 is 0 Å². The molecule has 4 nitrogen and oxygen atoms in total. The molecular weight excluding hydrogens is 363 g/mol. The van der Waals surface area contributed by atoms with E-state index in [1.807, 2.05) is 24.3 Å². The van der Waals surface area contributed by atoms with Gasteiger partial charge in [-0.05, 0) is 43.2 Å². The van der Waals surface area contributed by atoms with Crippen molar-refractivity contribution < 1.29 is 4.39 Å². The zero-order chi connectivity index (χ0) is 18.5. The van der Waals surface area contributed by atoms with E-state index < -0.39 is 0 Å². The average molecular weight is 379 g/mol. The molecule has 1 aliphatic rings. The van der Waals surface area contributed by atoms with Crippen molar-refractivity contribution in [3.63, 3.8) is 0 Å². The first-order chi connectivity index (χ1) is 13.1. The highest BCUT2D eigenvalue weighted by Gasteiger charge is 2.24. The third-order valence-electron chi connectivity index (χ3n) is 5.06. The van der Waals surface area contributed by atoms with E-state index in [0.717, 1.165) is 58.8 Å². The van der Waals surface area contributed by atoms with E-state index in [4.69, 9.17) is 16.6 Å². The summed E-state index contributed by atoms with van der Waals surface area (Å²) < 4.78 is 16.3. The second-order valence-electron chi connectivity index (χ2n) is 6.83. The van der Waals surface area contributed by atoms with Crippen LogP contribution in [0, 0.1) is 12.7 Å². The fourth-order valence-electron chi connectivity index (χ4n) is 3.79. The monoisotopic (exact) mass is 378 g/mol. The van der Waals surface area contributed by atoms with Crippen molar-refractivity contribution >= 4 is 22.6 Å². The molecule has 0 spiro atoms. The Morgan fingerprint density at radius 2 is 1.85 bits per heavy atom. The molecule has 1 aliphatic heterocycles. The average Bonchev–Trinajstić information content (AvgIpc) is 3.26. The number of rotatable bonds is 2. The quantitative estimate of drug-likeness (QED) is 0.481. The van der Waals surface area contributed by atoms with E-state index in [1.165, 1.54) is 0 Å². The summed E-state index contributed by atoms with van der Waals surface area (Å²) in [6, 6.07) is 9.52. The second-order valence-corrected chi connectivity index (χ2v) is 7.24. The molecule has 2 aromatic heterocycles. The van der Waals surface area contributed by atoms with Gasteiger partial charge in [0.2, 0.25) is 0 Å². The first-order valence-electron chi connectivity index (χ1n) is 8.88. The molecule has 5 rings (SSSR count). The van der Waals surface area contributed by atoms with Gasteiger partial charge in [0.25, 0.3) is 0 Å². The largest absolute Gasteiger partial charge is 0.327 e. The van der Waals surface area contributed by atoms with Gasteiger partial charge < -0.3 is 4.57 Å². The Balaban J connectivity index is 1.76. The van der Waals surface area contributed by atoms with E-state index in [9.17, 15) is 4.39 Å². The summed E-state index contributed by atoms with van der Waals surface area (Å²) in [6.07, 6.45) is 5.39. The summed E-state index contributed by atoms with van der Waals surface area (Å²) in [5.41, 5.74) is 5.91. The number of benzene rings is 2. The molecule has 0 atom stereocenters. The fraction of sp³-hybridized carbons (Fsp3) is 0.190. The van der Waals surface area contributed by atoms with Gasteiger partial charge in [0.05, 0.1) is 27.4 Å². The normalized spacial score (nSPS) is 13.3. The van der Waals surface area contributed by atoms with Crippen LogP contribution in [0.2, 0.25) is 5.02 Å². The fourth-order valence-corrected chi connectivity index (χ4v) is 4.06. The molecule has 2 aromatic carbocycles. The molecule has 0 unspecified atom stereocenters. The molecule has 6 heteroatoms. The minimum atomic E-state index is -0.380. The Morgan fingerprint density at radius 3 is 2.67 bits per heavy atom.